The summed E-state index contributed by atoms with van der Waals surface area (Å²) in [6.07, 6.45) is 2.97. The van der Waals surface area contributed by atoms with Crippen LogP contribution < -0.4 is 0 Å². The van der Waals surface area contributed by atoms with E-state index in [9.17, 15) is 13.5 Å². The zero-order chi connectivity index (χ0) is 13.6. The van der Waals surface area contributed by atoms with Gasteiger partial charge < -0.3 is 5.11 Å². The number of hydrogen-bond acceptors (Lipinski definition) is 3. The van der Waals surface area contributed by atoms with Crippen LogP contribution in [0.5, 0.6) is 0 Å². The summed E-state index contributed by atoms with van der Waals surface area (Å²) in [6.45, 7) is 6.89. The lowest BCUT2D eigenvalue weighted by Gasteiger charge is -2.50. The fourth-order valence-corrected chi connectivity index (χ4v) is 4.65. The van der Waals surface area contributed by atoms with Crippen molar-refractivity contribution < 1.29 is 13.5 Å². The average molecular weight is 276 g/mol. The maximum Gasteiger partial charge on any atom is 0.282 e. The van der Waals surface area contributed by atoms with Crippen molar-refractivity contribution >= 4 is 10.2 Å². The lowest BCUT2D eigenvalue weighted by molar-refractivity contribution is -0.0955. The minimum absolute atomic E-state index is 0.0801. The molecule has 0 saturated carbocycles. The first-order valence-corrected chi connectivity index (χ1v) is 8.16. The van der Waals surface area contributed by atoms with E-state index in [1.165, 1.54) is 4.31 Å². The van der Waals surface area contributed by atoms with E-state index >= 15 is 0 Å². The number of aliphatic hydroxyl groups is 1. The predicted molar refractivity (Wildman–Crippen MR) is 70.3 cm³/mol. The smallest absolute Gasteiger partial charge is 0.282 e. The average Bonchev–Trinajstić information content (AvgIpc) is 2.24. The van der Waals surface area contributed by atoms with Crippen LogP contribution in [0, 0.1) is 5.92 Å². The van der Waals surface area contributed by atoms with Crippen LogP contribution in [0.3, 0.4) is 0 Å². The van der Waals surface area contributed by atoms with Crippen molar-refractivity contribution in [3.63, 3.8) is 0 Å². The summed E-state index contributed by atoms with van der Waals surface area (Å²) >= 11 is 0. The number of nitrogens with zero attached hydrogens (tertiary/aromatic N) is 2. The number of β-amino-alcohol motifs (C(OH)–C–C–N with tert-alkyl or cyclic N) is 1. The third-order valence-corrected chi connectivity index (χ3v) is 6.39. The van der Waals surface area contributed by atoms with Crippen molar-refractivity contribution in [2.45, 2.75) is 51.7 Å². The van der Waals surface area contributed by atoms with E-state index in [1.54, 1.807) is 4.31 Å². The zero-order valence-electron chi connectivity index (χ0n) is 11.5. The van der Waals surface area contributed by atoms with E-state index in [2.05, 4.69) is 0 Å². The third kappa shape index (κ3) is 2.31. The Morgan fingerprint density at radius 1 is 1.28 bits per heavy atom. The van der Waals surface area contributed by atoms with Gasteiger partial charge in [-0.05, 0) is 25.7 Å². The fourth-order valence-electron chi connectivity index (χ4n) is 2.66. The molecular formula is C12H24N2O3S. The third-order valence-electron chi connectivity index (χ3n) is 4.34. The maximum atomic E-state index is 12.4. The molecule has 2 saturated heterocycles. The van der Waals surface area contributed by atoms with Gasteiger partial charge in [-0.25, -0.2) is 0 Å². The molecule has 5 nitrogen and oxygen atoms in total. The first-order chi connectivity index (χ1) is 8.27. The first kappa shape index (κ1) is 14.2. The van der Waals surface area contributed by atoms with Gasteiger partial charge in [0.05, 0.1) is 5.60 Å². The molecule has 2 aliphatic rings. The summed E-state index contributed by atoms with van der Waals surface area (Å²) in [5.74, 6) is 0.0859. The molecule has 6 heteroatoms. The molecule has 0 amide bonds. The Morgan fingerprint density at radius 3 is 2.39 bits per heavy atom. The SMILES string of the molecule is CC1CCCCN1S(=O)(=O)N1CC(O)(C(C)C)C1. The molecule has 2 heterocycles. The second-order valence-corrected chi connectivity index (χ2v) is 7.87. The highest BCUT2D eigenvalue weighted by atomic mass is 32.2. The van der Waals surface area contributed by atoms with Crippen molar-refractivity contribution in [2.24, 2.45) is 5.92 Å². The van der Waals surface area contributed by atoms with Gasteiger partial charge in [-0.15, -0.1) is 0 Å². The molecule has 0 radical (unpaired) electrons. The molecule has 1 N–H and O–H groups in total. The summed E-state index contributed by atoms with van der Waals surface area (Å²) in [6, 6.07) is 0.0801. The van der Waals surface area contributed by atoms with Gasteiger partial charge in [-0.2, -0.15) is 17.0 Å². The Kier molecular flexibility index (Phi) is 3.75. The van der Waals surface area contributed by atoms with E-state index in [4.69, 9.17) is 0 Å². The van der Waals surface area contributed by atoms with Crippen molar-refractivity contribution in [1.29, 1.82) is 0 Å². The van der Waals surface area contributed by atoms with Gasteiger partial charge >= 0.3 is 0 Å². The minimum Gasteiger partial charge on any atom is -0.387 e. The summed E-state index contributed by atoms with van der Waals surface area (Å²) in [5.41, 5.74) is -0.841. The molecule has 1 atom stereocenters. The molecule has 2 rings (SSSR count). The minimum atomic E-state index is -3.37. The van der Waals surface area contributed by atoms with E-state index in [1.807, 2.05) is 20.8 Å². The summed E-state index contributed by atoms with van der Waals surface area (Å²) < 4.78 is 27.9. The summed E-state index contributed by atoms with van der Waals surface area (Å²) in [7, 11) is -3.37. The zero-order valence-corrected chi connectivity index (χ0v) is 12.3. The van der Waals surface area contributed by atoms with Gasteiger partial charge in [0.1, 0.15) is 0 Å². The van der Waals surface area contributed by atoms with Crippen molar-refractivity contribution in [2.75, 3.05) is 19.6 Å². The Bertz CT molecular complexity index is 402. The summed E-state index contributed by atoms with van der Waals surface area (Å²) in [5, 5.41) is 10.2. The molecule has 1 unspecified atom stereocenters. The molecule has 0 bridgehead atoms. The summed E-state index contributed by atoms with van der Waals surface area (Å²) in [4.78, 5) is 0. The Morgan fingerprint density at radius 2 is 1.89 bits per heavy atom. The highest BCUT2D eigenvalue weighted by Gasteiger charge is 2.50. The molecule has 2 aliphatic heterocycles. The Balaban J connectivity index is 2.05. The second-order valence-electron chi connectivity index (χ2n) is 5.99. The van der Waals surface area contributed by atoms with Gasteiger partial charge in [0.2, 0.25) is 0 Å². The molecular weight excluding hydrogens is 252 g/mol. The molecule has 18 heavy (non-hydrogen) atoms. The highest BCUT2D eigenvalue weighted by molar-refractivity contribution is 7.86. The molecule has 2 fully saturated rings. The lowest BCUT2D eigenvalue weighted by Crippen LogP contribution is -2.68. The van der Waals surface area contributed by atoms with Gasteiger partial charge in [-0.1, -0.05) is 20.3 Å². The number of hydrogen-bond donors (Lipinski definition) is 1. The van der Waals surface area contributed by atoms with Gasteiger partial charge in [0.15, 0.2) is 0 Å². The molecule has 0 aromatic rings. The van der Waals surface area contributed by atoms with Crippen molar-refractivity contribution in [1.82, 2.24) is 8.61 Å². The Hall–Kier alpha value is -0.170. The second kappa shape index (κ2) is 4.74. The molecule has 106 valence electrons. The van der Waals surface area contributed by atoms with Gasteiger partial charge in [-0.3, -0.25) is 0 Å². The fraction of sp³-hybridized carbons (Fsp3) is 1.00. The number of rotatable bonds is 3. The molecule has 0 spiro atoms. The van der Waals surface area contributed by atoms with E-state index in [0.717, 1.165) is 19.3 Å². The van der Waals surface area contributed by atoms with E-state index in [0.29, 0.717) is 6.54 Å². The van der Waals surface area contributed by atoms with Crippen LogP contribution in [-0.4, -0.2) is 53.4 Å². The topological polar surface area (TPSA) is 60.9 Å². The Labute approximate surface area is 110 Å². The van der Waals surface area contributed by atoms with E-state index < -0.39 is 15.8 Å². The van der Waals surface area contributed by atoms with Gasteiger partial charge in [0.25, 0.3) is 10.2 Å². The van der Waals surface area contributed by atoms with Crippen LogP contribution >= 0.6 is 0 Å². The normalized spacial score (nSPS) is 30.4. The first-order valence-electron chi connectivity index (χ1n) is 6.77. The van der Waals surface area contributed by atoms with Crippen LogP contribution in [0.25, 0.3) is 0 Å². The predicted octanol–water partition coefficient (Wildman–Crippen LogP) is 0.808. The van der Waals surface area contributed by atoms with Crippen LogP contribution in [0.2, 0.25) is 0 Å². The largest absolute Gasteiger partial charge is 0.387 e. The lowest BCUT2D eigenvalue weighted by atomic mass is 9.85. The van der Waals surface area contributed by atoms with E-state index in [-0.39, 0.29) is 25.0 Å². The van der Waals surface area contributed by atoms with Crippen LogP contribution in [-0.2, 0) is 10.2 Å². The molecule has 0 aromatic heterocycles. The van der Waals surface area contributed by atoms with Crippen molar-refractivity contribution in [3.8, 4) is 0 Å². The maximum absolute atomic E-state index is 12.4. The van der Waals surface area contributed by atoms with Crippen LogP contribution in [0.1, 0.15) is 40.0 Å². The molecule has 0 aromatic carbocycles. The quantitative estimate of drug-likeness (QED) is 0.830. The number of piperidine rings is 1. The van der Waals surface area contributed by atoms with Crippen molar-refractivity contribution in [3.05, 3.63) is 0 Å². The van der Waals surface area contributed by atoms with Crippen LogP contribution in [0.4, 0.5) is 0 Å². The van der Waals surface area contributed by atoms with Gasteiger partial charge in [0, 0.05) is 25.7 Å². The highest BCUT2D eigenvalue weighted by Crippen LogP contribution is 2.33. The molecule has 0 aliphatic carbocycles. The monoisotopic (exact) mass is 276 g/mol. The van der Waals surface area contributed by atoms with Crippen LogP contribution in [0.15, 0.2) is 0 Å². The standard InChI is InChI=1S/C12H24N2O3S/c1-10(2)12(15)8-13(9-12)18(16,17)14-7-5-4-6-11(14)3/h10-11,15H,4-9H2,1-3H3.